The Labute approximate surface area is 212 Å². The van der Waals surface area contributed by atoms with Gasteiger partial charge in [0.2, 0.25) is 0 Å². The fourth-order valence-corrected chi connectivity index (χ4v) is 4.30. The number of nitrogen functional groups attached to an aromatic ring is 1. The number of alkyl halides is 2. The average Bonchev–Trinajstić information content (AvgIpc) is 3.22. The molecular weight excluding hydrogens is 476 g/mol. The third kappa shape index (κ3) is 5.09. The van der Waals surface area contributed by atoms with Gasteiger partial charge in [0.15, 0.2) is 0 Å². The molecule has 0 atom stereocenters. The zero-order chi connectivity index (χ0) is 26.7. The highest BCUT2D eigenvalue weighted by Gasteiger charge is 2.37. The lowest BCUT2D eigenvalue weighted by Gasteiger charge is -2.19. The second-order valence-corrected chi connectivity index (χ2v) is 8.68. The summed E-state index contributed by atoms with van der Waals surface area (Å²) >= 11 is 0. The summed E-state index contributed by atoms with van der Waals surface area (Å²) in [5, 5.41) is 29.4. The van der Waals surface area contributed by atoms with Crippen molar-refractivity contribution in [3.63, 3.8) is 0 Å². The molecule has 2 heterocycles. The van der Waals surface area contributed by atoms with Crippen LogP contribution in [-0.4, -0.2) is 23.3 Å². The highest BCUT2D eigenvalue weighted by atomic mass is 19.3. The van der Waals surface area contributed by atoms with Gasteiger partial charge in [0.05, 0.1) is 24.2 Å². The van der Waals surface area contributed by atoms with Gasteiger partial charge in [-0.1, -0.05) is 12.1 Å². The van der Waals surface area contributed by atoms with Gasteiger partial charge < -0.3 is 11.1 Å². The molecule has 37 heavy (non-hydrogen) atoms. The molecule has 2 aromatic carbocycles. The predicted molar refractivity (Wildman–Crippen MR) is 135 cm³/mol. The van der Waals surface area contributed by atoms with E-state index in [0.717, 1.165) is 6.92 Å². The Morgan fingerprint density at radius 1 is 1.22 bits per heavy atom. The number of hydrogen-bond donors (Lipinski definition) is 3. The number of amidine groups is 1. The van der Waals surface area contributed by atoms with E-state index in [2.05, 4.69) is 22.4 Å². The lowest BCUT2D eigenvalue weighted by molar-refractivity contribution is 0.0166. The van der Waals surface area contributed by atoms with Gasteiger partial charge in [-0.05, 0) is 59.5 Å². The first kappa shape index (κ1) is 25.3. The maximum atomic E-state index is 14.3. The monoisotopic (exact) mass is 499 g/mol. The molecule has 8 nitrogen and oxygen atoms in total. The van der Waals surface area contributed by atoms with Gasteiger partial charge >= 0.3 is 0 Å². The number of anilines is 2. The molecule has 1 aliphatic heterocycles. The van der Waals surface area contributed by atoms with Crippen LogP contribution in [0.1, 0.15) is 52.4 Å². The van der Waals surface area contributed by atoms with E-state index in [-0.39, 0.29) is 34.9 Å². The first-order valence-corrected chi connectivity index (χ1v) is 11.5. The number of fused-ring (bicyclic) bond motifs is 1. The van der Waals surface area contributed by atoms with Crippen molar-refractivity contribution in [3.8, 4) is 23.3 Å². The molecule has 0 bridgehead atoms. The van der Waals surface area contributed by atoms with Crippen LogP contribution in [-0.2, 0) is 12.5 Å². The zero-order valence-electron chi connectivity index (χ0n) is 20.0. The number of nitriles is 2. The van der Waals surface area contributed by atoms with E-state index >= 15 is 0 Å². The summed E-state index contributed by atoms with van der Waals surface area (Å²) < 4.78 is 28.5. The minimum atomic E-state index is -3.13. The van der Waals surface area contributed by atoms with Crippen molar-refractivity contribution in [2.24, 2.45) is 5.73 Å². The molecule has 0 saturated heterocycles. The largest absolute Gasteiger partial charge is 0.384 e. The van der Waals surface area contributed by atoms with Crippen molar-refractivity contribution in [2.45, 2.75) is 32.2 Å². The van der Waals surface area contributed by atoms with Crippen molar-refractivity contribution >= 4 is 23.4 Å². The van der Waals surface area contributed by atoms with Gasteiger partial charge in [-0.2, -0.15) is 10.5 Å². The fourth-order valence-electron chi connectivity index (χ4n) is 4.30. The van der Waals surface area contributed by atoms with E-state index in [1.807, 2.05) is 0 Å². The van der Waals surface area contributed by atoms with E-state index in [4.69, 9.17) is 16.4 Å². The molecule has 0 fully saturated rings. The number of hydrogen-bond acceptors (Lipinski definition) is 6. The first-order valence-electron chi connectivity index (χ1n) is 11.5. The summed E-state index contributed by atoms with van der Waals surface area (Å²) in [4.78, 5) is 19.2. The third-order valence-electron chi connectivity index (χ3n) is 6.05. The summed E-state index contributed by atoms with van der Waals surface area (Å²) in [6.07, 6.45) is 0.898. The van der Waals surface area contributed by atoms with Crippen LogP contribution in [0, 0.1) is 28.1 Å². The third-order valence-corrected chi connectivity index (χ3v) is 6.05. The number of benzene rings is 2. The molecule has 0 spiro atoms. The molecule has 0 unspecified atom stereocenters. The first-order chi connectivity index (χ1) is 17.6. The number of pyridine rings is 1. The van der Waals surface area contributed by atoms with Crippen molar-refractivity contribution in [3.05, 3.63) is 76.3 Å². The van der Waals surface area contributed by atoms with Crippen LogP contribution in [0.3, 0.4) is 0 Å². The van der Waals surface area contributed by atoms with Gasteiger partial charge in [0, 0.05) is 36.6 Å². The van der Waals surface area contributed by atoms with Gasteiger partial charge in [0.1, 0.15) is 17.5 Å². The fraction of sp³-hybridized carbons (Fsp3) is 0.222. The Hall–Kier alpha value is -4.83. The highest BCUT2D eigenvalue weighted by Crippen LogP contribution is 2.38. The predicted octanol–water partition coefficient (Wildman–Crippen LogP) is 4.89. The Balaban J connectivity index is 1.83. The summed E-state index contributed by atoms with van der Waals surface area (Å²) in [5.74, 6) is -3.20. The van der Waals surface area contributed by atoms with E-state index < -0.39 is 11.8 Å². The summed E-state index contributed by atoms with van der Waals surface area (Å²) in [6.45, 7) is 1.14. The number of amides is 1. The number of rotatable bonds is 8. The SMILES string of the molecule is CC(F)(F)c1cccc2c1CN(c1cc(-c3cc(C#N)ccc3C(=N)N)cc(NCCCC#N)n1)C2=O. The maximum Gasteiger partial charge on any atom is 0.270 e. The molecule has 1 amide bonds. The van der Waals surface area contributed by atoms with Crippen molar-refractivity contribution in [2.75, 3.05) is 16.8 Å². The second-order valence-electron chi connectivity index (χ2n) is 8.68. The average molecular weight is 500 g/mol. The van der Waals surface area contributed by atoms with Crippen LogP contribution >= 0.6 is 0 Å². The minimum Gasteiger partial charge on any atom is -0.384 e. The van der Waals surface area contributed by atoms with Crippen LogP contribution in [0.5, 0.6) is 0 Å². The molecule has 4 rings (SSSR count). The normalized spacial score (nSPS) is 12.6. The molecule has 0 aliphatic carbocycles. The van der Waals surface area contributed by atoms with Gasteiger partial charge in [0.25, 0.3) is 11.8 Å². The maximum absolute atomic E-state index is 14.3. The Bertz CT molecular complexity index is 1480. The Morgan fingerprint density at radius 3 is 2.68 bits per heavy atom. The summed E-state index contributed by atoms with van der Waals surface area (Å²) in [6, 6.07) is 16.4. The molecule has 10 heteroatoms. The number of unbranched alkanes of at least 4 members (excludes halogenated alkanes) is 1. The van der Waals surface area contributed by atoms with Crippen molar-refractivity contribution < 1.29 is 13.6 Å². The van der Waals surface area contributed by atoms with Crippen molar-refractivity contribution in [1.82, 2.24) is 4.98 Å². The smallest absolute Gasteiger partial charge is 0.270 e. The van der Waals surface area contributed by atoms with Gasteiger partial charge in [-0.3, -0.25) is 15.1 Å². The van der Waals surface area contributed by atoms with E-state index in [1.165, 1.54) is 23.1 Å². The van der Waals surface area contributed by atoms with Crippen LogP contribution in [0.4, 0.5) is 20.4 Å². The molecule has 1 aromatic heterocycles. The van der Waals surface area contributed by atoms with Crippen LogP contribution in [0.25, 0.3) is 11.1 Å². The molecule has 4 N–H and O–H groups in total. The molecule has 1 aliphatic rings. The van der Waals surface area contributed by atoms with Crippen LogP contribution in [0.15, 0.2) is 48.5 Å². The number of carbonyl (C=O) groups excluding carboxylic acids is 1. The van der Waals surface area contributed by atoms with E-state index in [1.54, 1.807) is 30.3 Å². The van der Waals surface area contributed by atoms with Gasteiger partial charge in [-0.25, -0.2) is 13.8 Å². The van der Waals surface area contributed by atoms with Gasteiger partial charge in [-0.15, -0.1) is 0 Å². The lowest BCUT2D eigenvalue weighted by atomic mass is 9.97. The number of nitrogens with two attached hydrogens (primary N) is 1. The number of carbonyl (C=O) groups is 1. The van der Waals surface area contributed by atoms with E-state index in [9.17, 15) is 18.8 Å². The summed E-state index contributed by atoms with van der Waals surface area (Å²) in [5.41, 5.74) is 7.76. The summed E-state index contributed by atoms with van der Waals surface area (Å²) in [7, 11) is 0. The van der Waals surface area contributed by atoms with Crippen molar-refractivity contribution in [1.29, 1.82) is 15.9 Å². The Kier molecular flexibility index (Phi) is 6.85. The standard InChI is InChI=1S/C27H23F2N7O/c1-27(28,29)22-6-4-5-19-21(22)15-36(26(19)37)24-13-17(12-23(35-24)34-10-3-2-9-30)20-11-16(14-31)7-8-18(20)25(32)33/h4-8,11-13H,2-3,10,15H2,1H3,(H3,32,33)(H,34,35). The molecular formula is C27H23F2N7O. The minimum absolute atomic E-state index is 0.0874. The van der Waals surface area contributed by atoms with E-state index in [0.29, 0.717) is 47.5 Å². The number of nitrogens with one attached hydrogen (secondary N) is 2. The quantitative estimate of drug-likeness (QED) is 0.229. The number of halogens is 2. The number of aromatic nitrogens is 1. The van der Waals surface area contributed by atoms with Crippen LogP contribution < -0.4 is 16.0 Å². The second kappa shape index (κ2) is 10.0. The lowest BCUT2D eigenvalue weighted by Crippen LogP contribution is -2.24. The Morgan fingerprint density at radius 2 is 2.00 bits per heavy atom. The highest BCUT2D eigenvalue weighted by molar-refractivity contribution is 6.10. The topological polar surface area (TPSA) is 143 Å². The molecule has 0 radical (unpaired) electrons. The number of nitrogens with zero attached hydrogens (tertiary/aromatic N) is 4. The zero-order valence-corrected chi connectivity index (χ0v) is 20.0. The molecule has 186 valence electrons. The molecule has 3 aromatic rings. The molecule has 0 saturated carbocycles. The van der Waals surface area contributed by atoms with Crippen LogP contribution in [0.2, 0.25) is 0 Å².